The predicted octanol–water partition coefficient (Wildman–Crippen LogP) is 2.54. The molecule has 0 aromatic carbocycles. The minimum Gasteiger partial charge on any atom is -0.502 e. The van der Waals surface area contributed by atoms with E-state index in [1.165, 1.54) is 25.7 Å². The summed E-state index contributed by atoms with van der Waals surface area (Å²) in [7, 11) is 0. The molecule has 0 amide bonds. The second kappa shape index (κ2) is 4.37. The maximum atomic E-state index is 5.12. The van der Waals surface area contributed by atoms with E-state index in [1.807, 2.05) is 0 Å². The van der Waals surface area contributed by atoms with Gasteiger partial charge in [-0.1, -0.05) is 6.58 Å². The highest BCUT2D eigenvalue weighted by Gasteiger charge is 2.12. The van der Waals surface area contributed by atoms with Crippen LogP contribution in [-0.2, 0) is 4.74 Å². The van der Waals surface area contributed by atoms with Gasteiger partial charge < -0.3 is 4.74 Å². The summed E-state index contributed by atoms with van der Waals surface area (Å²) >= 11 is 0. The first-order chi connectivity index (χ1) is 4.93. The van der Waals surface area contributed by atoms with Crippen LogP contribution in [0.15, 0.2) is 12.8 Å². The molecule has 0 N–H and O–H groups in total. The largest absolute Gasteiger partial charge is 0.502 e. The number of rotatable bonds is 3. The summed E-state index contributed by atoms with van der Waals surface area (Å²) in [5.74, 6) is 0.781. The summed E-state index contributed by atoms with van der Waals surface area (Å²) in [5, 5.41) is 0. The molecule has 1 rings (SSSR count). The Hall–Kier alpha value is -0.460. The molecule has 1 aliphatic rings. The molecule has 0 aromatic rings. The fraction of sp³-hybridized carbons (Fsp3) is 0.667. The third kappa shape index (κ3) is 2.42. The van der Waals surface area contributed by atoms with Gasteiger partial charge in [-0.25, -0.2) is 0 Å². The van der Waals surface area contributed by atoms with Gasteiger partial charge in [0.1, 0.15) is 0 Å². The lowest BCUT2D eigenvalue weighted by Gasteiger charge is -2.20. The van der Waals surface area contributed by atoms with Crippen molar-refractivity contribution in [2.24, 2.45) is 5.92 Å². The zero-order valence-electron chi connectivity index (χ0n) is 6.38. The summed E-state index contributed by atoms with van der Waals surface area (Å²) < 4.78 is 5.12. The van der Waals surface area contributed by atoms with E-state index in [4.69, 9.17) is 4.74 Å². The summed E-state index contributed by atoms with van der Waals surface area (Å²) in [6.07, 6.45) is 9.04. The Morgan fingerprint density at radius 1 is 1.50 bits per heavy atom. The van der Waals surface area contributed by atoms with Crippen LogP contribution in [0.1, 0.15) is 25.7 Å². The van der Waals surface area contributed by atoms with E-state index in [9.17, 15) is 0 Å². The lowest BCUT2D eigenvalue weighted by atomic mass is 9.90. The van der Waals surface area contributed by atoms with E-state index in [1.54, 1.807) is 6.26 Å². The molecule has 0 aromatic heterocycles. The Kier molecular flexibility index (Phi) is 3.34. The van der Waals surface area contributed by atoms with E-state index >= 15 is 0 Å². The van der Waals surface area contributed by atoms with Crippen molar-refractivity contribution in [1.82, 2.24) is 0 Å². The minimum absolute atomic E-state index is 0.781. The molecule has 0 bridgehead atoms. The van der Waals surface area contributed by atoms with Crippen LogP contribution in [0, 0.1) is 12.3 Å². The first-order valence-electron chi connectivity index (χ1n) is 3.97. The number of hydrogen-bond acceptors (Lipinski definition) is 1. The highest BCUT2D eigenvalue weighted by Crippen LogP contribution is 2.22. The van der Waals surface area contributed by atoms with Gasteiger partial charge in [0.15, 0.2) is 0 Å². The Labute approximate surface area is 63.1 Å². The topological polar surface area (TPSA) is 9.23 Å². The van der Waals surface area contributed by atoms with Gasteiger partial charge >= 0.3 is 0 Å². The van der Waals surface area contributed by atoms with Gasteiger partial charge in [0.05, 0.1) is 12.9 Å². The van der Waals surface area contributed by atoms with Crippen molar-refractivity contribution in [2.45, 2.75) is 25.7 Å². The van der Waals surface area contributed by atoms with Crippen molar-refractivity contribution in [2.75, 3.05) is 6.61 Å². The van der Waals surface area contributed by atoms with Gasteiger partial charge in [0, 0.05) is 0 Å². The quantitative estimate of drug-likeness (QED) is 0.546. The molecule has 1 heteroatoms. The van der Waals surface area contributed by atoms with Crippen LogP contribution in [-0.4, -0.2) is 6.61 Å². The van der Waals surface area contributed by atoms with E-state index in [0.717, 1.165) is 12.5 Å². The molecule has 0 spiro atoms. The summed E-state index contributed by atoms with van der Waals surface area (Å²) in [6, 6.07) is 0. The van der Waals surface area contributed by atoms with Crippen LogP contribution in [0.4, 0.5) is 0 Å². The van der Waals surface area contributed by atoms with Crippen molar-refractivity contribution in [3.8, 4) is 0 Å². The molecule has 0 heterocycles. The molecule has 0 atom stereocenters. The van der Waals surface area contributed by atoms with Gasteiger partial charge in [-0.15, -0.1) is 0 Å². The highest BCUT2D eigenvalue weighted by molar-refractivity contribution is 4.76. The van der Waals surface area contributed by atoms with Crippen molar-refractivity contribution in [3.05, 3.63) is 19.3 Å². The first kappa shape index (κ1) is 7.64. The number of ether oxygens (including phenoxy) is 1. The fourth-order valence-electron chi connectivity index (χ4n) is 1.37. The van der Waals surface area contributed by atoms with Gasteiger partial charge in [0.25, 0.3) is 0 Å². The zero-order valence-corrected chi connectivity index (χ0v) is 6.38. The first-order valence-corrected chi connectivity index (χ1v) is 3.97. The van der Waals surface area contributed by atoms with Crippen LogP contribution in [0.25, 0.3) is 0 Å². The lowest BCUT2D eigenvalue weighted by molar-refractivity contribution is 0.175. The van der Waals surface area contributed by atoms with Gasteiger partial charge in [-0.2, -0.15) is 0 Å². The Morgan fingerprint density at radius 2 is 2.20 bits per heavy atom. The normalized spacial score (nSPS) is 20.4. The van der Waals surface area contributed by atoms with Crippen molar-refractivity contribution in [3.63, 3.8) is 0 Å². The van der Waals surface area contributed by atoms with E-state index in [0.29, 0.717) is 0 Å². The van der Waals surface area contributed by atoms with E-state index < -0.39 is 0 Å². The molecule has 0 unspecified atom stereocenters. The Morgan fingerprint density at radius 3 is 2.80 bits per heavy atom. The maximum Gasteiger partial charge on any atom is 0.0901 e. The van der Waals surface area contributed by atoms with Crippen LogP contribution in [0.3, 0.4) is 0 Å². The van der Waals surface area contributed by atoms with E-state index in [-0.39, 0.29) is 0 Å². The molecule has 1 aliphatic carbocycles. The van der Waals surface area contributed by atoms with Gasteiger partial charge in [0.2, 0.25) is 0 Å². The van der Waals surface area contributed by atoms with Crippen LogP contribution >= 0.6 is 0 Å². The molecular weight excluding hydrogens is 124 g/mol. The third-order valence-corrected chi connectivity index (χ3v) is 2.01. The van der Waals surface area contributed by atoms with Crippen LogP contribution < -0.4 is 0 Å². The monoisotopic (exact) mass is 139 g/mol. The van der Waals surface area contributed by atoms with Crippen molar-refractivity contribution >= 4 is 0 Å². The van der Waals surface area contributed by atoms with E-state index in [2.05, 4.69) is 13.0 Å². The molecule has 1 fully saturated rings. The Bertz CT molecular complexity index is 92.9. The lowest BCUT2D eigenvalue weighted by Crippen LogP contribution is -2.11. The smallest absolute Gasteiger partial charge is 0.0901 e. The van der Waals surface area contributed by atoms with Crippen LogP contribution in [0.2, 0.25) is 0 Å². The minimum atomic E-state index is 0.781. The molecular formula is C9H15O. The van der Waals surface area contributed by atoms with Crippen LogP contribution in [0.5, 0.6) is 0 Å². The SMILES string of the molecule is C=COCC1CC[CH]CC1. The second-order valence-electron chi connectivity index (χ2n) is 2.81. The summed E-state index contributed by atoms with van der Waals surface area (Å²) in [5.41, 5.74) is 0. The van der Waals surface area contributed by atoms with Gasteiger partial charge in [-0.3, -0.25) is 0 Å². The van der Waals surface area contributed by atoms with Gasteiger partial charge in [-0.05, 0) is 38.0 Å². The average molecular weight is 139 g/mol. The highest BCUT2D eigenvalue weighted by atomic mass is 16.5. The molecule has 0 aliphatic heterocycles. The second-order valence-corrected chi connectivity index (χ2v) is 2.81. The third-order valence-electron chi connectivity index (χ3n) is 2.01. The fourth-order valence-corrected chi connectivity index (χ4v) is 1.37. The standard InChI is InChI=1S/C9H15O/c1-2-10-8-9-6-4-3-5-7-9/h2-3,9H,1,4-8H2. The zero-order chi connectivity index (χ0) is 7.23. The van der Waals surface area contributed by atoms with Crippen molar-refractivity contribution < 1.29 is 4.74 Å². The summed E-state index contributed by atoms with van der Waals surface area (Å²) in [6.45, 7) is 4.39. The molecule has 0 saturated heterocycles. The summed E-state index contributed by atoms with van der Waals surface area (Å²) in [4.78, 5) is 0. The Balaban J connectivity index is 2.07. The molecule has 10 heavy (non-hydrogen) atoms. The molecule has 1 nitrogen and oxygen atoms in total. The molecule has 57 valence electrons. The molecule has 1 saturated carbocycles. The van der Waals surface area contributed by atoms with Crippen molar-refractivity contribution in [1.29, 1.82) is 0 Å². The predicted molar refractivity (Wildman–Crippen MR) is 42.4 cm³/mol. The maximum absolute atomic E-state index is 5.12. The molecule has 1 radical (unpaired) electrons. The number of hydrogen-bond donors (Lipinski definition) is 0. The average Bonchev–Trinajstić information content (AvgIpc) is 2.03.